The molecule has 3 heteroatoms. The Labute approximate surface area is 91.1 Å². The molecule has 0 N–H and O–H groups in total. The van der Waals surface area contributed by atoms with E-state index in [-0.39, 0.29) is 0 Å². The molecule has 0 atom stereocenters. The Bertz CT molecular complexity index is 480. The van der Waals surface area contributed by atoms with Crippen molar-refractivity contribution in [2.45, 2.75) is 0 Å². The summed E-state index contributed by atoms with van der Waals surface area (Å²) in [7, 11) is 0. The average Bonchev–Trinajstić information content (AvgIpc) is 2.27. The summed E-state index contributed by atoms with van der Waals surface area (Å²) in [5.41, 5.74) is 0.985. The van der Waals surface area contributed by atoms with Crippen LogP contribution in [-0.2, 0) is 0 Å². The van der Waals surface area contributed by atoms with E-state index in [4.69, 9.17) is 11.6 Å². The number of hydrogen-bond acceptors (Lipinski definition) is 0. The van der Waals surface area contributed by atoms with Crippen LogP contribution in [0.5, 0.6) is 0 Å². The Kier molecular flexibility index (Phi) is 2.69. The highest BCUT2D eigenvalue weighted by Gasteiger charge is 2.12. The SMILES string of the molecule is Fc1ccc(-c2ccccc2)c(F)c1Cl. The monoisotopic (exact) mass is 224 g/mol. The summed E-state index contributed by atoms with van der Waals surface area (Å²) in [6.45, 7) is 0. The summed E-state index contributed by atoms with van der Waals surface area (Å²) in [4.78, 5) is 0. The molecule has 2 rings (SSSR count). The summed E-state index contributed by atoms with van der Waals surface area (Å²) in [5.74, 6) is -1.46. The largest absolute Gasteiger partial charge is 0.205 e. The fraction of sp³-hybridized carbons (Fsp3) is 0. The van der Waals surface area contributed by atoms with Crippen LogP contribution in [0.2, 0.25) is 5.02 Å². The topological polar surface area (TPSA) is 0 Å². The van der Waals surface area contributed by atoms with Crippen molar-refractivity contribution in [3.05, 3.63) is 59.1 Å². The molecule has 0 saturated carbocycles. The lowest BCUT2D eigenvalue weighted by molar-refractivity contribution is 0.586. The van der Waals surface area contributed by atoms with Gasteiger partial charge in [-0.1, -0.05) is 41.9 Å². The minimum atomic E-state index is -0.742. The third-order valence-electron chi connectivity index (χ3n) is 2.12. The molecule has 0 unspecified atom stereocenters. The van der Waals surface area contributed by atoms with E-state index in [0.717, 1.165) is 6.07 Å². The lowest BCUT2D eigenvalue weighted by atomic mass is 10.1. The second-order valence-electron chi connectivity index (χ2n) is 3.09. The van der Waals surface area contributed by atoms with Crippen LogP contribution < -0.4 is 0 Å². The zero-order valence-corrected chi connectivity index (χ0v) is 8.43. The maximum absolute atomic E-state index is 13.6. The Hall–Kier alpha value is -1.41. The van der Waals surface area contributed by atoms with Gasteiger partial charge in [0.15, 0.2) is 5.82 Å². The molecule has 0 radical (unpaired) electrons. The van der Waals surface area contributed by atoms with Gasteiger partial charge in [0.1, 0.15) is 10.8 Å². The van der Waals surface area contributed by atoms with Crippen LogP contribution in [0.4, 0.5) is 8.78 Å². The molecule has 0 saturated heterocycles. The van der Waals surface area contributed by atoms with Crippen LogP contribution in [0, 0.1) is 11.6 Å². The van der Waals surface area contributed by atoms with Gasteiger partial charge in [-0.15, -0.1) is 0 Å². The molecule has 2 aromatic rings. The molecule has 0 aliphatic carbocycles. The normalized spacial score (nSPS) is 10.3. The van der Waals surface area contributed by atoms with Gasteiger partial charge < -0.3 is 0 Å². The lowest BCUT2D eigenvalue weighted by Crippen LogP contribution is -1.88. The van der Waals surface area contributed by atoms with Gasteiger partial charge in [-0.3, -0.25) is 0 Å². The van der Waals surface area contributed by atoms with Crippen LogP contribution in [-0.4, -0.2) is 0 Å². The molecule has 0 heterocycles. The van der Waals surface area contributed by atoms with Crippen molar-refractivity contribution in [1.82, 2.24) is 0 Å². The third kappa shape index (κ3) is 1.85. The van der Waals surface area contributed by atoms with Gasteiger partial charge in [-0.2, -0.15) is 0 Å². The first-order valence-corrected chi connectivity index (χ1v) is 4.77. The molecule has 2 aromatic carbocycles. The van der Waals surface area contributed by atoms with E-state index in [1.807, 2.05) is 6.07 Å². The van der Waals surface area contributed by atoms with Crippen molar-refractivity contribution in [2.24, 2.45) is 0 Å². The van der Waals surface area contributed by atoms with Gasteiger partial charge in [0.25, 0.3) is 0 Å². The first-order valence-electron chi connectivity index (χ1n) is 4.39. The van der Waals surface area contributed by atoms with Gasteiger partial charge >= 0.3 is 0 Å². The van der Waals surface area contributed by atoms with Crippen LogP contribution in [0.25, 0.3) is 11.1 Å². The van der Waals surface area contributed by atoms with Gasteiger partial charge in [-0.05, 0) is 17.7 Å². The molecule has 0 amide bonds. The van der Waals surface area contributed by atoms with Crippen LogP contribution in [0.1, 0.15) is 0 Å². The molecule has 0 aliphatic rings. The standard InChI is InChI=1S/C12H7ClF2/c13-11-10(14)7-6-9(12(11)15)8-4-2-1-3-5-8/h1-7H. The molecule has 0 aromatic heterocycles. The van der Waals surface area contributed by atoms with Crippen molar-refractivity contribution < 1.29 is 8.78 Å². The maximum Gasteiger partial charge on any atom is 0.152 e. The van der Waals surface area contributed by atoms with E-state index in [0.29, 0.717) is 11.1 Å². The Morgan fingerprint density at radius 2 is 1.53 bits per heavy atom. The van der Waals surface area contributed by atoms with Crippen molar-refractivity contribution in [3.63, 3.8) is 0 Å². The van der Waals surface area contributed by atoms with E-state index in [1.54, 1.807) is 24.3 Å². The van der Waals surface area contributed by atoms with Crippen molar-refractivity contribution >= 4 is 11.6 Å². The van der Waals surface area contributed by atoms with Crippen LogP contribution in [0.15, 0.2) is 42.5 Å². The van der Waals surface area contributed by atoms with Crippen LogP contribution >= 0.6 is 11.6 Å². The first-order chi connectivity index (χ1) is 7.20. The predicted molar refractivity (Wildman–Crippen MR) is 56.8 cm³/mol. The highest BCUT2D eigenvalue weighted by molar-refractivity contribution is 6.31. The quantitative estimate of drug-likeness (QED) is 0.634. The van der Waals surface area contributed by atoms with Crippen molar-refractivity contribution in [3.8, 4) is 11.1 Å². The molecule has 0 bridgehead atoms. The summed E-state index contributed by atoms with van der Waals surface area (Å²) >= 11 is 5.48. The molecular weight excluding hydrogens is 218 g/mol. The van der Waals surface area contributed by atoms with Crippen LogP contribution in [0.3, 0.4) is 0 Å². The predicted octanol–water partition coefficient (Wildman–Crippen LogP) is 4.29. The Balaban J connectivity index is 2.60. The van der Waals surface area contributed by atoms with Crippen molar-refractivity contribution in [1.29, 1.82) is 0 Å². The zero-order valence-electron chi connectivity index (χ0n) is 7.68. The highest BCUT2D eigenvalue weighted by atomic mass is 35.5. The number of hydrogen-bond donors (Lipinski definition) is 0. The summed E-state index contributed by atoms with van der Waals surface area (Å²) in [5, 5.41) is -0.462. The van der Waals surface area contributed by atoms with E-state index in [1.165, 1.54) is 6.07 Å². The number of halogens is 3. The molecule has 0 spiro atoms. The minimum absolute atomic E-state index is 0.307. The number of rotatable bonds is 1. The minimum Gasteiger partial charge on any atom is -0.205 e. The molecule has 76 valence electrons. The molecule has 0 nitrogen and oxygen atoms in total. The highest BCUT2D eigenvalue weighted by Crippen LogP contribution is 2.29. The van der Waals surface area contributed by atoms with E-state index < -0.39 is 16.7 Å². The third-order valence-corrected chi connectivity index (χ3v) is 2.47. The second-order valence-corrected chi connectivity index (χ2v) is 3.47. The zero-order chi connectivity index (χ0) is 10.8. The fourth-order valence-corrected chi connectivity index (χ4v) is 1.53. The smallest absolute Gasteiger partial charge is 0.152 e. The maximum atomic E-state index is 13.6. The second kappa shape index (κ2) is 3.99. The Morgan fingerprint density at radius 1 is 0.867 bits per heavy atom. The molecule has 0 fully saturated rings. The van der Waals surface area contributed by atoms with Gasteiger partial charge in [0, 0.05) is 5.56 Å². The van der Waals surface area contributed by atoms with E-state index >= 15 is 0 Å². The van der Waals surface area contributed by atoms with Crippen molar-refractivity contribution in [2.75, 3.05) is 0 Å². The fourth-order valence-electron chi connectivity index (χ4n) is 1.37. The molecule has 15 heavy (non-hydrogen) atoms. The van der Waals surface area contributed by atoms with Gasteiger partial charge in [0.2, 0.25) is 0 Å². The van der Waals surface area contributed by atoms with Gasteiger partial charge in [-0.25, -0.2) is 8.78 Å². The molecular formula is C12H7ClF2. The molecule has 0 aliphatic heterocycles. The first kappa shape index (κ1) is 10.1. The average molecular weight is 225 g/mol. The number of benzene rings is 2. The Morgan fingerprint density at radius 3 is 2.20 bits per heavy atom. The summed E-state index contributed by atoms with van der Waals surface area (Å²) in [6, 6.07) is 11.4. The lowest BCUT2D eigenvalue weighted by Gasteiger charge is -2.05. The van der Waals surface area contributed by atoms with Gasteiger partial charge in [0.05, 0.1) is 0 Å². The van der Waals surface area contributed by atoms with E-state index in [9.17, 15) is 8.78 Å². The summed E-state index contributed by atoms with van der Waals surface area (Å²) < 4.78 is 26.5. The summed E-state index contributed by atoms with van der Waals surface area (Å²) in [6.07, 6.45) is 0. The van der Waals surface area contributed by atoms with E-state index in [2.05, 4.69) is 0 Å².